The zero-order valence-corrected chi connectivity index (χ0v) is 15.1. The highest BCUT2D eigenvalue weighted by atomic mass is 32.2. The Morgan fingerprint density at radius 1 is 0.958 bits per heavy atom. The second kappa shape index (κ2) is 7.79. The Balaban J connectivity index is 2.00. The Labute approximate surface area is 144 Å². The Hall–Kier alpha value is -1.89. The molecule has 130 valence electrons. The number of rotatable bonds is 7. The van der Waals surface area contributed by atoms with Crippen LogP contribution in [0, 0.1) is 6.92 Å². The predicted molar refractivity (Wildman–Crippen MR) is 96.7 cm³/mol. The summed E-state index contributed by atoms with van der Waals surface area (Å²) in [6, 6.07) is 16.4. The van der Waals surface area contributed by atoms with Gasteiger partial charge in [-0.3, -0.25) is 0 Å². The van der Waals surface area contributed by atoms with Crippen molar-refractivity contribution in [3.63, 3.8) is 0 Å². The molecule has 0 saturated heterocycles. The number of hydrogen-bond donors (Lipinski definition) is 1. The van der Waals surface area contributed by atoms with Crippen LogP contribution < -0.4 is 4.90 Å². The third-order valence-electron chi connectivity index (χ3n) is 3.88. The first-order valence-corrected chi connectivity index (χ1v) is 9.22. The van der Waals surface area contributed by atoms with E-state index >= 15 is 0 Å². The summed E-state index contributed by atoms with van der Waals surface area (Å²) >= 11 is 0. The van der Waals surface area contributed by atoms with Gasteiger partial charge in [0.25, 0.3) is 0 Å². The molecule has 2 rings (SSSR count). The maximum absolute atomic E-state index is 12.5. The summed E-state index contributed by atoms with van der Waals surface area (Å²) in [7, 11) is -0.241. The lowest BCUT2D eigenvalue weighted by Gasteiger charge is -2.26. The summed E-state index contributed by atoms with van der Waals surface area (Å²) in [6.07, 6.45) is -0.791. The molecule has 0 spiro atoms. The normalized spacial score (nSPS) is 13.0. The van der Waals surface area contributed by atoms with Crippen LogP contribution in [0.1, 0.15) is 5.56 Å². The summed E-state index contributed by atoms with van der Waals surface area (Å²) in [5.41, 5.74) is 1.97. The van der Waals surface area contributed by atoms with Gasteiger partial charge in [0.05, 0.1) is 11.0 Å². The Bertz CT molecular complexity index is 746. The highest BCUT2D eigenvalue weighted by Crippen LogP contribution is 2.16. The highest BCUT2D eigenvalue weighted by Gasteiger charge is 2.23. The molecule has 1 unspecified atom stereocenters. The molecule has 1 N–H and O–H groups in total. The number of likely N-dealkylation sites (N-methyl/N-ethyl adjacent to an activating group) is 2. The van der Waals surface area contributed by atoms with Crippen LogP contribution in [0.5, 0.6) is 0 Å². The van der Waals surface area contributed by atoms with E-state index in [0.29, 0.717) is 6.54 Å². The van der Waals surface area contributed by atoms with Crippen molar-refractivity contribution >= 4 is 15.7 Å². The van der Waals surface area contributed by atoms with Crippen molar-refractivity contribution in [1.29, 1.82) is 0 Å². The van der Waals surface area contributed by atoms with Crippen molar-refractivity contribution in [1.82, 2.24) is 4.31 Å². The van der Waals surface area contributed by atoms with Gasteiger partial charge in [-0.1, -0.05) is 35.9 Å². The summed E-state index contributed by atoms with van der Waals surface area (Å²) in [5.74, 6) is 0. The van der Waals surface area contributed by atoms with Gasteiger partial charge in [-0.2, -0.15) is 4.31 Å². The van der Waals surface area contributed by atoms with Gasteiger partial charge in [0.2, 0.25) is 10.0 Å². The van der Waals surface area contributed by atoms with Crippen LogP contribution in [0.4, 0.5) is 5.69 Å². The molecule has 0 amide bonds. The first-order chi connectivity index (χ1) is 11.3. The molecule has 0 aliphatic heterocycles. The van der Waals surface area contributed by atoms with E-state index in [1.807, 2.05) is 49.2 Å². The molecule has 0 bridgehead atoms. The summed E-state index contributed by atoms with van der Waals surface area (Å²) in [5, 5.41) is 10.3. The maximum Gasteiger partial charge on any atom is 0.242 e. The second-order valence-electron chi connectivity index (χ2n) is 5.97. The first kappa shape index (κ1) is 18.4. The summed E-state index contributed by atoms with van der Waals surface area (Å²) < 4.78 is 26.3. The largest absolute Gasteiger partial charge is 0.390 e. The Kier molecular flexibility index (Phi) is 5.99. The van der Waals surface area contributed by atoms with Gasteiger partial charge >= 0.3 is 0 Å². The average Bonchev–Trinajstić information content (AvgIpc) is 2.55. The number of hydrogen-bond acceptors (Lipinski definition) is 4. The zero-order chi connectivity index (χ0) is 17.7. The zero-order valence-electron chi connectivity index (χ0n) is 14.3. The topological polar surface area (TPSA) is 60.9 Å². The van der Waals surface area contributed by atoms with Crippen LogP contribution in [-0.2, 0) is 10.0 Å². The number of anilines is 1. The lowest BCUT2D eigenvalue weighted by atomic mass is 10.2. The third kappa shape index (κ3) is 4.56. The van der Waals surface area contributed by atoms with Crippen molar-refractivity contribution in [2.45, 2.75) is 17.9 Å². The fourth-order valence-electron chi connectivity index (χ4n) is 2.45. The van der Waals surface area contributed by atoms with E-state index in [1.54, 1.807) is 24.3 Å². The number of aliphatic hydroxyl groups excluding tert-OH is 1. The molecule has 6 heteroatoms. The van der Waals surface area contributed by atoms with Crippen molar-refractivity contribution in [2.24, 2.45) is 0 Å². The molecule has 0 fully saturated rings. The van der Waals surface area contributed by atoms with E-state index < -0.39 is 16.1 Å². The van der Waals surface area contributed by atoms with Crippen LogP contribution in [0.3, 0.4) is 0 Å². The van der Waals surface area contributed by atoms with Gasteiger partial charge in [0, 0.05) is 32.9 Å². The standard InChI is InChI=1S/C18H24N2O3S/c1-15-9-11-18(12-10-15)24(22,23)20(3)14-17(21)13-19(2)16-7-5-4-6-8-16/h4-12,17,21H,13-14H2,1-3H3. The SMILES string of the molecule is Cc1ccc(S(=O)(=O)N(C)CC(O)CN(C)c2ccccc2)cc1. The quantitative estimate of drug-likeness (QED) is 0.832. The molecule has 0 aliphatic rings. The van der Waals surface area contributed by atoms with Gasteiger partial charge < -0.3 is 10.0 Å². The molecule has 0 heterocycles. The van der Waals surface area contributed by atoms with Crippen LogP contribution in [0.25, 0.3) is 0 Å². The molecule has 5 nitrogen and oxygen atoms in total. The molecule has 0 saturated carbocycles. The fourth-order valence-corrected chi connectivity index (χ4v) is 3.66. The molecule has 0 aliphatic carbocycles. The van der Waals surface area contributed by atoms with E-state index in [2.05, 4.69) is 0 Å². The van der Waals surface area contributed by atoms with E-state index in [4.69, 9.17) is 0 Å². The molecule has 2 aromatic rings. The molecular weight excluding hydrogens is 324 g/mol. The lowest BCUT2D eigenvalue weighted by Crippen LogP contribution is -2.40. The summed E-state index contributed by atoms with van der Waals surface area (Å²) in [6.45, 7) is 2.29. The number of aryl methyl sites for hydroxylation is 1. The maximum atomic E-state index is 12.5. The lowest BCUT2D eigenvalue weighted by molar-refractivity contribution is 0.159. The minimum absolute atomic E-state index is 0.0351. The Morgan fingerprint density at radius 3 is 2.12 bits per heavy atom. The first-order valence-electron chi connectivity index (χ1n) is 7.78. The number of para-hydroxylation sites is 1. The van der Waals surface area contributed by atoms with Crippen molar-refractivity contribution in [2.75, 3.05) is 32.1 Å². The summed E-state index contributed by atoms with van der Waals surface area (Å²) in [4.78, 5) is 2.14. The van der Waals surface area contributed by atoms with Gasteiger partial charge in [0.1, 0.15) is 0 Å². The molecule has 2 aromatic carbocycles. The Morgan fingerprint density at radius 2 is 1.54 bits per heavy atom. The number of sulfonamides is 1. The van der Waals surface area contributed by atoms with E-state index in [-0.39, 0.29) is 11.4 Å². The second-order valence-corrected chi connectivity index (χ2v) is 8.01. The minimum atomic E-state index is -3.60. The van der Waals surface area contributed by atoms with Crippen LogP contribution in [-0.4, -0.2) is 51.1 Å². The van der Waals surface area contributed by atoms with Crippen molar-refractivity contribution in [3.05, 3.63) is 60.2 Å². The van der Waals surface area contributed by atoms with Gasteiger partial charge in [-0.15, -0.1) is 0 Å². The van der Waals surface area contributed by atoms with Gasteiger partial charge in [-0.25, -0.2) is 8.42 Å². The molecule has 24 heavy (non-hydrogen) atoms. The van der Waals surface area contributed by atoms with Crippen LogP contribution in [0.2, 0.25) is 0 Å². The minimum Gasteiger partial charge on any atom is -0.390 e. The highest BCUT2D eigenvalue weighted by molar-refractivity contribution is 7.89. The number of benzene rings is 2. The predicted octanol–water partition coefficient (Wildman–Crippen LogP) is 2.11. The van der Waals surface area contributed by atoms with Crippen LogP contribution in [0.15, 0.2) is 59.5 Å². The average molecular weight is 348 g/mol. The number of aliphatic hydroxyl groups is 1. The van der Waals surface area contributed by atoms with Crippen LogP contribution >= 0.6 is 0 Å². The number of nitrogens with zero attached hydrogens (tertiary/aromatic N) is 2. The van der Waals surface area contributed by atoms with Crippen molar-refractivity contribution in [3.8, 4) is 0 Å². The monoisotopic (exact) mass is 348 g/mol. The van der Waals surface area contributed by atoms with E-state index in [1.165, 1.54) is 11.4 Å². The smallest absolute Gasteiger partial charge is 0.242 e. The fraction of sp³-hybridized carbons (Fsp3) is 0.333. The molecule has 0 radical (unpaired) electrons. The molecule has 1 atom stereocenters. The van der Waals surface area contributed by atoms with E-state index in [0.717, 1.165) is 11.3 Å². The molecule has 0 aromatic heterocycles. The van der Waals surface area contributed by atoms with E-state index in [9.17, 15) is 13.5 Å². The van der Waals surface area contributed by atoms with Gasteiger partial charge in [-0.05, 0) is 31.2 Å². The third-order valence-corrected chi connectivity index (χ3v) is 5.72. The van der Waals surface area contributed by atoms with Crippen molar-refractivity contribution < 1.29 is 13.5 Å². The molecular formula is C18H24N2O3S. The van der Waals surface area contributed by atoms with Gasteiger partial charge in [0.15, 0.2) is 0 Å².